The van der Waals surface area contributed by atoms with Crippen LogP contribution in [-0.2, 0) is 16.0 Å². The minimum Gasteiger partial charge on any atom is -0.481 e. The highest BCUT2D eigenvalue weighted by atomic mass is 16.4. The molecule has 2 atom stereocenters. The number of nitrogens with zero attached hydrogens (tertiary/aromatic N) is 2. The molecule has 1 aliphatic heterocycles. The van der Waals surface area contributed by atoms with E-state index in [1.165, 1.54) is 0 Å². The zero-order valence-electron chi connectivity index (χ0n) is 15.4. The van der Waals surface area contributed by atoms with Gasteiger partial charge in [0, 0.05) is 37.6 Å². The first-order chi connectivity index (χ1) is 13.1. The zero-order chi connectivity index (χ0) is 19.5. The summed E-state index contributed by atoms with van der Waals surface area (Å²) in [5.74, 6) is 5.15. The highest BCUT2D eigenvalue weighted by Crippen LogP contribution is 2.19. The normalized spacial score (nSPS) is 18.2. The van der Waals surface area contributed by atoms with Crippen LogP contribution in [0.4, 0.5) is 0 Å². The summed E-state index contributed by atoms with van der Waals surface area (Å²) in [7, 11) is 0. The topological polar surface area (TPSA) is 90.7 Å². The number of amides is 1. The van der Waals surface area contributed by atoms with Crippen molar-refractivity contribution in [3.63, 3.8) is 0 Å². The van der Waals surface area contributed by atoms with Crippen molar-refractivity contribution >= 4 is 11.9 Å². The van der Waals surface area contributed by atoms with Crippen molar-refractivity contribution in [1.29, 1.82) is 0 Å². The fourth-order valence-corrected chi connectivity index (χ4v) is 2.97. The molecule has 6 heteroatoms. The van der Waals surface area contributed by atoms with Gasteiger partial charge in [-0.05, 0) is 31.4 Å². The van der Waals surface area contributed by atoms with Crippen molar-refractivity contribution in [2.75, 3.05) is 6.54 Å². The van der Waals surface area contributed by atoms with Gasteiger partial charge < -0.3 is 15.1 Å². The van der Waals surface area contributed by atoms with Crippen LogP contribution in [0.5, 0.6) is 0 Å². The van der Waals surface area contributed by atoms with Gasteiger partial charge in [0.2, 0.25) is 5.91 Å². The Bertz CT molecular complexity index is 706. The van der Waals surface area contributed by atoms with Gasteiger partial charge in [-0.1, -0.05) is 24.1 Å². The molecule has 0 radical (unpaired) electrons. The van der Waals surface area contributed by atoms with Gasteiger partial charge in [-0.3, -0.25) is 14.6 Å². The molecule has 2 rings (SSSR count). The zero-order valence-corrected chi connectivity index (χ0v) is 15.4. The molecule has 27 heavy (non-hydrogen) atoms. The smallest absolute Gasteiger partial charge is 0.303 e. The van der Waals surface area contributed by atoms with Crippen LogP contribution in [0.1, 0.15) is 44.2 Å². The van der Waals surface area contributed by atoms with Gasteiger partial charge in [0.05, 0.1) is 18.7 Å². The van der Waals surface area contributed by atoms with Crippen LogP contribution in [0.2, 0.25) is 0 Å². The van der Waals surface area contributed by atoms with Crippen LogP contribution < -0.4 is 0 Å². The lowest BCUT2D eigenvalue weighted by Crippen LogP contribution is -2.42. The maximum Gasteiger partial charge on any atom is 0.303 e. The standard InChI is InChI=1S/C21H26N2O4/c24-19(16-17-8-4-5-14-22-17)13-12-18-9-7-10-20(25)23(18)15-6-2-1-3-11-21(26)27/h4-5,8,12-14,18-19,24H,1,3,7,9-11,15-16H2,(H,26,27)/b13-12+/t18-,19?/m1/s1. The van der Waals surface area contributed by atoms with Crippen LogP contribution in [-0.4, -0.2) is 50.7 Å². The number of unbranched alkanes of at least 4 members (excludes halogenated alkanes) is 1. The summed E-state index contributed by atoms with van der Waals surface area (Å²) < 4.78 is 0. The second-order valence-corrected chi connectivity index (χ2v) is 6.56. The Balaban J connectivity index is 1.87. The maximum absolute atomic E-state index is 12.2. The SMILES string of the molecule is O=C(O)CCCC#CCN1C(=O)CCC[C@@H]1/C=C/C(O)Cc1ccccn1. The minimum absolute atomic E-state index is 0.0648. The van der Waals surface area contributed by atoms with E-state index in [0.717, 1.165) is 18.5 Å². The molecule has 6 nitrogen and oxygen atoms in total. The van der Waals surface area contributed by atoms with Crippen LogP contribution in [0.15, 0.2) is 36.5 Å². The molecule has 0 aliphatic carbocycles. The van der Waals surface area contributed by atoms with E-state index < -0.39 is 12.1 Å². The third kappa shape index (κ3) is 7.63. The van der Waals surface area contributed by atoms with Crippen molar-refractivity contribution in [3.05, 3.63) is 42.2 Å². The lowest BCUT2D eigenvalue weighted by molar-refractivity contribution is -0.137. The fourth-order valence-electron chi connectivity index (χ4n) is 2.97. The molecule has 2 N–H and O–H groups in total. The largest absolute Gasteiger partial charge is 0.481 e. The molecule has 1 saturated heterocycles. The van der Waals surface area contributed by atoms with Gasteiger partial charge in [0.1, 0.15) is 0 Å². The van der Waals surface area contributed by atoms with E-state index in [1.54, 1.807) is 17.2 Å². The molecule has 1 fully saturated rings. The van der Waals surface area contributed by atoms with Gasteiger partial charge >= 0.3 is 5.97 Å². The summed E-state index contributed by atoms with van der Waals surface area (Å²) in [5, 5.41) is 18.8. The van der Waals surface area contributed by atoms with Crippen LogP contribution >= 0.6 is 0 Å². The predicted octanol–water partition coefficient (Wildman–Crippen LogP) is 2.18. The number of carbonyl (C=O) groups excluding carboxylic acids is 1. The third-order valence-corrected chi connectivity index (χ3v) is 4.38. The van der Waals surface area contributed by atoms with Gasteiger partial charge in [-0.2, -0.15) is 0 Å². The number of aliphatic carboxylic acids is 1. The Morgan fingerprint density at radius 1 is 1.41 bits per heavy atom. The number of carboxylic acid groups (broad SMARTS) is 1. The average molecular weight is 370 g/mol. The van der Waals surface area contributed by atoms with Gasteiger partial charge in [0.25, 0.3) is 0 Å². The summed E-state index contributed by atoms with van der Waals surface area (Å²) in [6.07, 6.45) is 8.41. The molecule has 1 unspecified atom stereocenters. The second kappa shape index (κ2) is 11.1. The van der Waals surface area contributed by atoms with Crippen molar-refractivity contribution < 1.29 is 19.8 Å². The summed E-state index contributed by atoms with van der Waals surface area (Å²) in [6.45, 7) is 0.331. The Kier molecular flexibility index (Phi) is 8.53. The number of hydrogen-bond acceptors (Lipinski definition) is 4. The number of aliphatic hydroxyl groups is 1. The number of piperidine rings is 1. The summed E-state index contributed by atoms with van der Waals surface area (Å²) in [4.78, 5) is 28.6. The molecule has 1 amide bonds. The third-order valence-electron chi connectivity index (χ3n) is 4.38. The quantitative estimate of drug-likeness (QED) is 0.416. The van der Waals surface area contributed by atoms with Crippen LogP contribution in [0, 0.1) is 11.8 Å². The van der Waals surface area contributed by atoms with Gasteiger partial charge in [-0.15, -0.1) is 5.92 Å². The number of hydrogen-bond donors (Lipinski definition) is 2. The lowest BCUT2D eigenvalue weighted by atomic mass is 10.00. The monoisotopic (exact) mass is 370 g/mol. The molecule has 2 heterocycles. The van der Waals surface area contributed by atoms with E-state index in [0.29, 0.717) is 32.2 Å². The highest BCUT2D eigenvalue weighted by Gasteiger charge is 2.25. The number of pyridine rings is 1. The van der Waals surface area contributed by atoms with Crippen molar-refractivity contribution in [3.8, 4) is 11.8 Å². The van der Waals surface area contributed by atoms with E-state index in [-0.39, 0.29) is 18.4 Å². The molecule has 0 saturated carbocycles. The number of carbonyl (C=O) groups is 2. The molecule has 1 aliphatic rings. The molecule has 0 aromatic carbocycles. The summed E-state index contributed by atoms with van der Waals surface area (Å²) >= 11 is 0. The minimum atomic E-state index is -0.822. The Hall–Kier alpha value is -2.65. The molecule has 1 aromatic heterocycles. The van der Waals surface area contributed by atoms with E-state index in [1.807, 2.05) is 24.3 Å². The van der Waals surface area contributed by atoms with Crippen molar-refractivity contribution in [1.82, 2.24) is 9.88 Å². The molecule has 144 valence electrons. The first-order valence-electron chi connectivity index (χ1n) is 9.29. The first-order valence-corrected chi connectivity index (χ1v) is 9.29. The average Bonchev–Trinajstić information content (AvgIpc) is 2.65. The van der Waals surface area contributed by atoms with Crippen molar-refractivity contribution in [2.45, 2.75) is 57.1 Å². The van der Waals surface area contributed by atoms with E-state index >= 15 is 0 Å². The first kappa shape index (κ1) is 20.7. The Labute approximate surface area is 159 Å². The maximum atomic E-state index is 12.2. The predicted molar refractivity (Wildman–Crippen MR) is 102 cm³/mol. The van der Waals surface area contributed by atoms with Crippen LogP contribution in [0.3, 0.4) is 0 Å². The van der Waals surface area contributed by atoms with E-state index in [2.05, 4.69) is 16.8 Å². The Morgan fingerprint density at radius 2 is 2.26 bits per heavy atom. The second-order valence-electron chi connectivity index (χ2n) is 6.56. The molecular weight excluding hydrogens is 344 g/mol. The number of carboxylic acids is 1. The highest BCUT2D eigenvalue weighted by molar-refractivity contribution is 5.77. The van der Waals surface area contributed by atoms with Gasteiger partial charge in [-0.25, -0.2) is 0 Å². The number of rotatable bonds is 8. The summed E-state index contributed by atoms with van der Waals surface area (Å²) in [5.41, 5.74) is 0.818. The fraction of sp³-hybridized carbons (Fsp3) is 0.476. The van der Waals surface area contributed by atoms with E-state index in [4.69, 9.17) is 5.11 Å². The molecular formula is C21H26N2O4. The lowest BCUT2D eigenvalue weighted by Gasteiger charge is -2.32. The molecule has 0 bridgehead atoms. The van der Waals surface area contributed by atoms with Gasteiger partial charge in [0.15, 0.2) is 0 Å². The number of aromatic nitrogens is 1. The number of likely N-dealkylation sites (tertiary alicyclic amines) is 1. The van der Waals surface area contributed by atoms with Crippen molar-refractivity contribution in [2.24, 2.45) is 0 Å². The van der Waals surface area contributed by atoms with Crippen LogP contribution in [0.25, 0.3) is 0 Å². The van der Waals surface area contributed by atoms with E-state index in [9.17, 15) is 14.7 Å². The molecule has 1 aromatic rings. The summed E-state index contributed by atoms with van der Waals surface area (Å²) in [6, 6.07) is 5.51. The molecule has 0 spiro atoms. The Morgan fingerprint density at radius 3 is 3.00 bits per heavy atom. The number of aliphatic hydroxyl groups excluding tert-OH is 1.